The zero-order valence-corrected chi connectivity index (χ0v) is 20.1. The van der Waals surface area contributed by atoms with Crippen LogP contribution in [0.3, 0.4) is 0 Å². The van der Waals surface area contributed by atoms with Crippen LogP contribution in [0.5, 0.6) is 0 Å². The van der Waals surface area contributed by atoms with Gasteiger partial charge in [0.25, 0.3) is 0 Å². The zero-order chi connectivity index (χ0) is 23.3. The van der Waals surface area contributed by atoms with Crippen molar-refractivity contribution in [2.24, 2.45) is 5.92 Å². The molecule has 33 heavy (non-hydrogen) atoms. The topological polar surface area (TPSA) is 99.5 Å². The van der Waals surface area contributed by atoms with Crippen LogP contribution in [0, 0.1) is 5.92 Å². The van der Waals surface area contributed by atoms with Gasteiger partial charge in [-0.15, -0.1) is 10.2 Å². The van der Waals surface area contributed by atoms with Crippen molar-refractivity contribution in [2.45, 2.75) is 55.4 Å². The summed E-state index contributed by atoms with van der Waals surface area (Å²) in [6.45, 7) is 6.83. The number of fused-ring (bicyclic) bond motifs is 3. The van der Waals surface area contributed by atoms with Crippen molar-refractivity contribution in [1.82, 2.24) is 25.2 Å². The van der Waals surface area contributed by atoms with Crippen molar-refractivity contribution in [3.8, 4) is 11.4 Å². The number of hydrogen-bond donors (Lipinski definition) is 1. The summed E-state index contributed by atoms with van der Waals surface area (Å²) >= 11 is 7.77. The summed E-state index contributed by atoms with van der Waals surface area (Å²) in [5.74, 6) is -0.939. The van der Waals surface area contributed by atoms with Gasteiger partial charge in [0, 0.05) is 55.8 Å². The molecule has 0 amide bonds. The molecule has 0 radical (unpaired) electrons. The number of rotatable bonds is 6. The summed E-state index contributed by atoms with van der Waals surface area (Å²) in [5.41, 5.74) is 4.19. The molecule has 2 unspecified atom stereocenters. The Morgan fingerprint density at radius 1 is 1.24 bits per heavy atom. The first-order chi connectivity index (χ1) is 15.8. The Balaban J connectivity index is 1.79. The molecule has 1 aliphatic heterocycles. The number of tetrazole rings is 1. The fourth-order valence-electron chi connectivity index (χ4n) is 4.75. The minimum Gasteiger partial charge on any atom is -0.550 e. The minimum atomic E-state index is -1.02. The summed E-state index contributed by atoms with van der Waals surface area (Å²) in [4.78, 5) is 14.0. The van der Waals surface area contributed by atoms with Crippen LogP contribution in [0.4, 0.5) is 0 Å². The lowest BCUT2D eigenvalue weighted by Gasteiger charge is -2.21. The van der Waals surface area contributed by atoms with Gasteiger partial charge in [0.05, 0.1) is 5.52 Å². The van der Waals surface area contributed by atoms with E-state index in [0.29, 0.717) is 10.8 Å². The summed E-state index contributed by atoms with van der Waals surface area (Å²) in [6, 6.07) is 12.0. The fraction of sp³-hybridized carbons (Fsp3) is 0.333. The van der Waals surface area contributed by atoms with E-state index in [1.807, 2.05) is 24.3 Å². The van der Waals surface area contributed by atoms with Crippen LogP contribution in [0.15, 0.2) is 46.2 Å². The second kappa shape index (κ2) is 8.50. The van der Waals surface area contributed by atoms with Crippen molar-refractivity contribution >= 4 is 40.2 Å². The SMILES string of the molecule is CC(C)c1cc(-c2nn[nH]n2)cc2c1c(Sc1ccc(Cl)cc1)c1n2CCC1C(C)C(=O)[O-]. The van der Waals surface area contributed by atoms with Crippen LogP contribution in [0.25, 0.3) is 22.3 Å². The lowest BCUT2D eigenvalue weighted by molar-refractivity contribution is -0.311. The lowest BCUT2D eigenvalue weighted by atomic mass is 9.89. The number of aliphatic carboxylic acids is 1. The van der Waals surface area contributed by atoms with Gasteiger partial charge < -0.3 is 14.5 Å². The van der Waals surface area contributed by atoms with Crippen molar-refractivity contribution < 1.29 is 9.90 Å². The number of nitrogens with one attached hydrogen (secondary N) is 1. The standard InChI is InChI=1S/C24H24ClN5O2S/c1-12(2)18-10-14(23-26-28-29-27-23)11-19-20(18)22(33-16-6-4-15(25)5-7-16)21-17(8-9-30(19)21)13(3)24(31)32/h4-7,10-13,17H,8-9H2,1-3H3,(H,31,32)(H,26,27,28,29)/p-1. The highest BCUT2D eigenvalue weighted by molar-refractivity contribution is 7.99. The average Bonchev–Trinajstić information content (AvgIpc) is 3.52. The van der Waals surface area contributed by atoms with Gasteiger partial charge in [0.1, 0.15) is 0 Å². The van der Waals surface area contributed by atoms with Gasteiger partial charge in [0.2, 0.25) is 5.82 Å². The summed E-state index contributed by atoms with van der Waals surface area (Å²) in [5, 5.41) is 28.3. The summed E-state index contributed by atoms with van der Waals surface area (Å²) < 4.78 is 2.27. The third kappa shape index (κ3) is 3.81. The van der Waals surface area contributed by atoms with Crippen molar-refractivity contribution in [1.29, 1.82) is 0 Å². The van der Waals surface area contributed by atoms with E-state index >= 15 is 0 Å². The van der Waals surface area contributed by atoms with E-state index in [2.05, 4.69) is 51.2 Å². The molecule has 1 aliphatic rings. The summed E-state index contributed by atoms with van der Waals surface area (Å²) in [7, 11) is 0. The second-order valence-electron chi connectivity index (χ2n) is 8.77. The largest absolute Gasteiger partial charge is 0.550 e. The Labute approximate surface area is 200 Å². The van der Waals surface area contributed by atoms with Gasteiger partial charge in [-0.3, -0.25) is 0 Å². The van der Waals surface area contributed by atoms with E-state index < -0.39 is 11.9 Å². The Kier molecular flexibility index (Phi) is 5.66. The molecule has 3 heterocycles. The number of carboxylic acid groups (broad SMARTS) is 1. The Morgan fingerprint density at radius 2 is 2.00 bits per heavy atom. The molecular weight excluding hydrogens is 458 g/mol. The molecule has 0 bridgehead atoms. The van der Waals surface area contributed by atoms with Crippen molar-refractivity contribution in [3.63, 3.8) is 0 Å². The quantitative estimate of drug-likeness (QED) is 0.432. The highest BCUT2D eigenvalue weighted by atomic mass is 35.5. The van der Waals surface area contributed by atoms with Crippen LogP contribution < -0.4 is 5.11 Å². The Morgan fingerprint density at radius 3 is 2.64 bits per heavy atom. The van der Waals surface area contributed by atoms with Gasteiger partial charge in [-0.25, -0.2) is 0 Å². The zero-order valence-electron chi connectivity index (χ0n) is 18.5. The molecule has 5 rings (SSSR count). The first kappa shape index (κ1) is 22.0. The molecule has 7 nitrogen and oxygen atoms in total. The van der Waals surface area contributed by atoms with Gasteiger partial charge in [-0.2, -0.15) is 5.21 Å². The molecule has 0 spiro atoms. The van der Waals surface area contributed by atoms with E-state index in [4.69, 9.17) is 11.6 Å². The van der Waals surface area contributed by atoms with Crippen LogP contribution in [-0.4, -0.2) is 31.2 Å². The van der Waals surface area contributed by atoms with Crippen LogP contribution in [0.2, 0.25) is 5.02 Å². The number of carbonyl (C=O) groups excluding carboxylic acids is 1. The third-order valence-electron chi connectivity index (χ3n) is 6.44. The number of hydrogen-bond acceptors (Lipinski definition) is 6. The number of H-pyrrole nitrogens is 1. The van der Waals surface area contributed by atoms with E-state index in [0.717, 1.165) is 44.9 Å². The van der Waals surface area contributed by atoms with E-state index in [-0.39, 0.29) is 11.8 Å². The van der Waals surface area contributed by atoms with Gasteiger partial charge in [-0.05, 0) is 59.5 Å². The van der Waals surface area contributed by atoms with Crippen molar-refractivity contribution in [3.05, 3.63) is 52.7 Å². The maximum absolute atomic E-state index is 11.8. The number of aromatic nitrogens is 5. The molecule has 4 aromatic rings. The molecule has 170 valence electrons. The third-order valence-corrected chi connectivity index (χ3v) is 7.82. The number of benzene rings is 2. The van der Waals surface area contributed by atoms with Gasteiger partial charge >= 0.3 is 0 Å². The maximum Gasteiger partial charge on any atom is 0.204 e. The molecule has 0 fully saturated rings. The fourth-order valence-corrected chi connectivity index (χ4v) is 6.07. The first-order valence-electron chi connectivity index (χ1n) is 10.9. The predicted octanol–water partition coefficient (Wildman–Crippen LogP) is 4.62. The monoisotopic (exact) mass is 480 g/mol. The number of aryl methyl sites for hydroxylation is 1. The van der Waals surface area contributed by atoms with E-state index in [9.17, 15) is 9.90 Å². The van der Waals surface area contributed by atoms with Gasteiger partial charge in [-0.1, -0.05) is 44.1 Å². The molecular formula is C24H23ClN5O2S-. The maximum atomic E-state index is 11.8. The van der Waals surface area contributed by atoms with E-state index in [1.54, 1.807) is 18.7 Å². The average molecular weight is 481 g/mol. The van der Waals surface area contributed by atoms with Crippen LogP contribution >= 0.6 is 23.4 Å². The minimum absolute atomic E-state index is 0.120. The van der Waals surface area contributed by atoms with Crippen LogP contribution in [-0.2, 0) is 11.3 Å². The second-order valence-corrected chi connectivity index (χ2v) is 10.3. The number of nitrogens with zero attached hydrogens (tertiary/aromatic N) is 4. The molecule has 0 saturated carbocycles. The molecule has 0 saturated heterocycles. The molecule has 0 aliphatic carbocycles. The lowest BCUT2D eigenvalue weighted by Crippen LogP contribution is -2.32. The Bertz CT molecular complexity index is 1330. The number of halogens is 1. The Hall–Kier alpha value is -2.84. The smallest absolute Gasteiger partial charge is 0.204 e. The number of aromatic amines is 1. The molecule has 2 aromatic carbocycles. The molecule has 1 N–H and O–H groups in total. The number of carbonyl (C=O) groups is 1. The molecule has 9 heteroatoms. The van der Waals surface area contributed by atoms with Crippen LogP contribution in [0.1, 0.15) is 50.3 Å². The van der Waals surface area contributed by atoms with Crippen molar-refractivity contribution in [2.75, 3.05) is 0 Å². The number of carboxylic acids is 1. The molecule has 2 atom stereocenters. The molecule has 2 aromatic heterocycles. The summed E-state index contributed by atoms with van der Waals surface area (Å²) in [6.07, 6.45) is 0.762. The highest BCUT2D eigenvalue weighted by Gasteiger charge is 2.35. The van der Waals surface area contributed by atoms with Gasteiger partial charge in [0.15, 0.2) is 0 Å². The van der Waals surface area contributed by atoms with E-state index in [1.165, 1.54) is 5.56 Å². The normalized spacial score (nSPS) is 16.5. The highest BCUT2D eigenvalue weighted by Crippen LogP contribution is 2.50. The predicted molar refractivity (Wildman–Crippen MR) is 126 cm³/mol. The first-order valence-corrected chi connectivity index (χ1v) is 12.1.